The molecule has 0 aliphatic carbocycles. The van der Waals surface area contributed by atoms with Gasteiger partial charge in [0.25, 0.3) is 0 Å². The number of morpholine rings is 1. The van der Waals surface area contributed by atoms with E-state index < -0.39 is 0 Å². The number of ether oxygens (including phenoxy) is 1. The van der Waals surface area contributed by atoms with E-state index in [1.807, 2.05) is 11.6 Å². The second kappa shape index (κ2) is 6.25. The van der Waals surface area contributed by atoms with Gasteiger partial charge in [-0.1, -0.05) is 30.3 Å². The van der Waals surface area contributed by atoms with Gasteiger partial charge in [-0.3, -0.25) is 0 Å². The fourth-order valence-corrected chi connectivity index (χ4v) is 4.60. The minimum Gasteiger partial charge on any atom is -0.378 e. The first-order valence-corrected chi connectivity index (χ1v) is 10.2. The minimum absolute atomic E-state index is 0.709. The number of aromatic nitrogens is 4. The van der Waals surface area contributed by atoms with Gasteiger partial charge in [-0.25, -0.2) is 15.0 Å². The number of hydrogen-bond donors (Lipinski definition) is 1. The fraction of sp³-hybridized carbons (Fsp3) is 0.190. The topological polar surface area (TPSA) is 66.9 Å². The number of H-pyrrole nitrogens is 1. The summed E-state index contributed by atoms with van der Waals surface area (Å²) in [5.41, 5.74) is 5.82. The van der Waals surface area contributed by atoms with E-state index in [9.17, 15) is 0 Å². The lowest BCUT2D eigenvalue weighted by molar-refractivity contribution is 0.122. The lowest BCUT2D eigenvalue weighted by Crippen LogP contribution is -2.36. The number of nitrogens with zero attached hydrogens (tertiary/aromatic N) is 4. The molecule has 0 atom stereocenters. The molecule has 0 radical (unpaired) electrons. The lowest BCUT2D eigenvalue weighted by Gasteiger charge is -2.28. The zero-order valence-corrected chi connectivity index (χ0v) is 15.9. The Bertz CT molecular complexity index is 1320. The number of hydrogen-bond acceptors (Lipinski definition) is 6. The molecule has 1 aliphatic rings. The van der Waals surface area contributed by atoms with Crippen molar-refractivity contribution in [3.8, 4) is 11.4 Å². The molecule has 0 bridgehead atoms. The van der Waals surface area contributed by atoms with Crippen LogP contribution in [0.4, 0.5) is 5.82 Å². The SMILES string of the molecule is c1ccc2c(c1)[nH]c1cc(-c3nc(N4CCOCC4)c4scnc4n3)ccc12. The van der Waals surface area contributed by atoms with Crippen LogP contribution in [0.1, 0.15) is 0 Å². The van der Waals surface area contributed by atoms with Crippen molar-refractivity contribution >= 4 is 49.3 Å². The molecule has 1 aliphatic heterocycles. The Morgan fingerprint density at radius 2 is 1.82 bits per heavy atom. The van der Waals surface area contributed by atoms with E-state index >= 15 is 0 Å². The Hall–Kier alpha value is -3.03. The van der Waals surface area contributed by atoms with E-state index in [2.05, 4.69) is 51.3 Å². The average Bonchev–Trinajstić information content (AvgIpc) is 3.37. The third-order valence-corrected chi connectivity index (χ3v) is 6.06. The first kappa shape index (κ1) is 16.0. The van der Waals surface area contributed by atoms with Gasteiger partial charge in [-0.15, -0.1) is 11.3 Å². The van der Waals surface area contributed by atoms with Gasteiger partial charge in [0, 0.05) is 40.5 Å². The Labute approximate surface area is 164 Å². The summed E-state index contributed by atoms with van der Waals surface area (Å²) in [5, 5.41) is 2.44. The number of rotatable bonds is 2. The highest BCUT2D eigenvalue weighted by Crippen LogP contribution is 2.32. The van der Waals surface area contributed by atoms with Crippen LogP contribution in [-0.4, -0.2) is 46.2 Å². The molecule has 2 aromatic carbocycles. The van der Waals surface area contributed by atoms with Crippen LogP contribution in [0, 0.1) is 0 Å². The number of aromatic amines is 1. The van der Waals surface area contributed by atoms with Crippen LogP contribution in [0.3, 0.4) is 0 Å². The third kappa shape index (κ3) is 2.47. The average molecular weight is 387 g/mol. The van der Waals surface area contributed by atoms with Crippen LogP contribution in [0.2, 0.25) is 0 Å². The molecule has 0 saturated carbocycles. The Balaban J connectivity index is 1.52. The van der Waals surface area contributed by atoms with E-state index in [-0.39, 0.29) is 0 Å². The zero-order valence-electron chi connectivity index (χ0n) is 15.1. The molecule has 0 spiro atoms. The number of nitrogens with one attached hydrogen (secondary N) is 1. The number of benzene rings is 2. The monoisotopic (exact) mass is 387 g/mol. The van der Waals surface area contributed by atoms with Crippen molar-refractivity contribution < 1.29 is 4.74 Å². The number of thiazole rings is 1. The summed E-state index contributed by atoms with van der Waals surface area (Å²) in [6.45, 7) is 3.12. The summed E-state index contributed by atoms with van der Waals surface area (Å²) < 4.78 is 6.54. The molecule has 0 amide bonds. The standard InChI is InChI=1S/C21H17N5OS/c1-2-4-16-14(3-1)15-6-5-13(11-17(15)23-16)19-24-20-18(28-12-22-20)21(25-19)26-7-9-27-10-8-26/h1-6,11-12,23H,7-10H2. The maximum Gasteiger partial charge on any atom is 0.176 e. The van der Waals surface area contributed by atoms with Crippen molar-refractivity contribution in [3.05, 3.63) is 48.0 Å². The molecule has 5 aromatic rings. The van der Waals surface area contributed by atoms with Crippen molar-refractivity contribution in [2.45, 2.75) is 0 Å². The molecule has 0 unspecified atom stereocenters. The van der Waals surface area contributed by atoms with Gasteiger partial charge in [0.2, 0.25) is 0 Å². The van der Waals surface area contributed by atoms with E-state index in [1.54, 1.807) is 11.3 Å². The van der Waals surface area contributed by atoms with Crippen LogP contribution in [-0.2, 0) is 4.74 Å². The molecule has 4 heterocycles. The molecule has 7 heteroatoms. The Morgan fingerprint density at radius 1 is 0.964 bits per heavy atom. The summed E-state index contributed by atoms with van der Waals surface area (Å²) in [6, 6.07) is 14.7. The fourth-order valence-electron chi connectivity index (χ4n) is 3.86. The summed E-state index contributed by atoms with van der Waals surface area (Å²) in [7, 11) is 0. The Morgan fingerprint density at radius 3 is 2.75 bits per heavy atom. The highest BCUT2D eigenvalue weighted by atomic mass is 32.1. The summed E-state index contributed by atoms with van der Waals surface area (Å²) in [4.78, 5) is 19.9. The highest BCUT2D eigenvalue weighted by Gasteiger charge is 2.19. The van der Waals surface area contributed by atoms with Gasteiger partial charge < -0.3 is 14.6 Å². The van der Waals surface area contributed by atoms with E-state index in [4.69, 9.17) is 14.7 Å². The molecule has 3 aromatic heterocycles. The quantitative estimate of drug-likeness (QED) is 0.491. The number of para-hydroxylation sites is 1. The van der Waals surface area contributed by atoms with Gasteiger partial charge in [-0.2, -0.15) is 0 Å². The molecular weight excluding hydrogens is 370 g/mol. The van der Waals surface area contributed by atoms with Gasteiger partial charge in [0.15, 0.2) is 17.3 Å². The number of anilines is 1. The first-order chi connectivity index (χ1) is 13.9. The molecule has 1 N–H and O–H groups in total. The number of fused-ring (bicyclic) bond motifs is 4. The summed E-state index contributed by atoms with van der Waals surface area (Å²) in [5.74, 6) is 1.67. The second-order valence-corrected chi connectivity index (χ2v) is 7.76. The predicted octanol–water partition coefficient (Wildman–Crippen LogP) is 4.22. The van der Waals surface area contributed by atoms with Crippen molar-refractivity contribution in [2.75, 3.05) is 31.2 Å². The first-order valence-electron chi connectivity index (χ1n) is 9.31. The van der Waals surface area contributed by atoms with Crippen molar-refractivity contribution in [1.82, 2.24) is 19.9 Å². The smallest absolute Gasteiger partial charge is 0.176 e. The molecular formula is C21H17N5OS. The third-order valence-electron chi connectivity index (χ3n) is 5.25. The summed E-state index contributed by atoms with van der Waals surface area (Å²) >= 11 is 1.59. The van der Waals surface area contributed by atoms with Crippen LogP contribution in [0.5, 0.6) is 0 Å². The molecule has 138 valence electrons. The van der Waals surface area contributed by atoms with Crippen LogP contribution >= 0.6 is 11.3 Å². The van der Waals surface area contributed by atoms with Crippen molar-refractivity contribution in [1.29, 1.82) is 0 Å². The molecule has 6 nitrogen and oxygen atoms in total. The highest BCUT2D eigenvalue weighted by molar-refractivity contribution is 7.17. The molecule has 6 rings (SSSR count). The van der Waals surface area contributed by atoms with Gasteiger partial charge in [0.1, 0.15) is 4.70 Å². The van der Waals surface area contributed by atoms with Crippen molar-refractivity contribution in [2.24, 2.45) is 0 Å². The minimum atomic E-state index is 0.709. The predicted molar refractivity (Wildman–Crippen MR) is 113 cm³/mol. The second-order valence-electron chi connectivity index (χ2n) is 6.91. The van der Waals surface area contributed by atoms with Gasteiger partial charge in [0.05, 0.1) is 18.7 Å². The summed E-state index contributed by atoms with van der Waals surface area (Å²) in [6.07, 6.45) is 0. The maximum absolute atomic E-state index is 5.51. The lowest BCUT2D eigenvalue weighted by atomic mass is 10.1. The van der Waals surface area contributed by atoms with Crippen LogP contribution in [0.15, 0.2) is 48.0 Å². The maximum atomic E-state index is 5.51. The van der Waals surface area contributed by atoms with Crippen LogP contribution < -0.4 is 4.90 Å². The molecule has 28 heavy (non-hydrogen) atoms. The van der Waals surface area contributed by atoms with Gasteiger partial charge in [-0.05, 0) is 12.1 Å². The Kier molecular flexibility index (Phi) is 3.57. The van der Waals surface area contributed by atoms with E-state index in [0.29, 0.717) is 5.82 Å². The zero-order chi connectivity index (χ0) is 18.5. The molecule has 1 saturated heterocycles. The van der Waals surface area contributed by atoms with Crippen molar-refractivity contribution in [3.63, 3.8) is 0 Å². The largest absolute Gasteiger partial charge is 0.378 e. The van der Waals surface area contributed by atoms with E-state index in [1.165, 1.54) is 10.8 Å². The van der Waals surface area contributed by atoms with Crippen LogP contribution in [0.25, 0.3) is 43.5 Å². The molecule has 1 fully saturated rings. The van der Waals surface area contributed by atoms with E-state index in [0.717, 1.165) is 59.1 Å². The normalized spacial score (nSPS) is 15.1. The van der Waals surface area contributed by atoms with Gasteiger partial charge >= 0.3 is 0 Å².